The van der Waals surface area contributed by atoms with Gasteiger partial charge in [0.25, 0.3) is 0 Å². The van der Waals surface area contributed by atoms with Crippen LogP contribution in [0.2, 0.25) is 0 Å². The maximum Gasteiger partial charge on any atom is 0.334 e. The van der Waals surface area contributed by atoms with Gasteiger partial charge in [0, 0.05) is 17.4 Å². The first-order valence-corrected chi connectivity index (χ1v) is 7.75. The second-order valence-corrected chi connectivity index (χ2v) is 5.91. The van der Waals surface area contributed by atoms with E-state index in [1.807, 2.05) is 18.2 Å². The van der Waals surface area contributed by atoms with E-state index < -0.39 is 12.1 Å². The van der Waals surface area contributed by atoms with Crippen molar-refractivity contribution in [1.29, 1.82) is 0 Å². The lowest BCUT2D eigenvalue weighted by Crippen LogP contribution is -2.48. The normalized spacial score (nSPS) is 18.1. The zero-order valence-electron chi connectivity index (χ0n) is 12.3. The smallest absolute Gasteiger partial charge is 0.334 e. The highest BCUT2D eigenvalue weighted by Crippen LogP contribution is 2.24. The predicted molar refractivity (Wildman–Crippen MR) is 83.0 cm³/mol. The number of hydrogen-bond acceptors (Lipinski definition) is 4. The molecule has 1 atom stereocenters. The number of carboxylic acid groups (broad SMARTS) is 1. The monoisotopic (exact) mass is 371 g/mol. The molecule has 2 rings (SSSR count). The van der Waals surface area contributed by atoms with Crippen LogP contribution in [0.15, 0.2) is 22.7 Å². The van der Waals surface area contributed by atoms with Gasteiger partial charge in [-0.3, -0.25) is 4.79 Å². The molecule has 1 N–H and O–H groups in total. The SMILES string of the molecule is COc1ccc(Br)cc1CCC(=O)N1CCO[C@H](C(=O)O)C1. The maximum absolute atomic E-state index is 12.2. The van der Waals surface area contributed by atoms with Gasteiger partial charge in [-0.15, -0.1) is 0 Å². The summed E-state index contributed by atoms with van der Waals surface area (Å²) in [6.07, 6.45) is -0.0894. The van der Waals surface area contributed by atoms with Crippen LogP contribution >= 0.6 is 15.9 Å². The van der Waals surface area contributed by atoms with Crippen LogP contribution in [0.1, 0.15) is 12.0 Å². The Hall–Kier alpha value is -1.60. The Labute approximate surface area is 137 Å². The lowest BCUT2D eigenvalue weighted by molar-refractivity contribution is -0.159. The van der Waals surface area contributed by atoms with Gasteiger partial charge < -0.3 is 19.5 Å². The summed E-state index contributed by atoms with van der Waals surface area (Å²) >= 11 is 3.40. The van der Waals surface area contributed by atoms with Gasteiger partial charge in [0.15, 0.2) is 6.10 Å². The van der Waals surface area contributed by atoms with Crippen LogP contribution in [0.4, 0.5) is 0 Å². The van der Waals surface area contributed by atoms with Crippen molar-refractivity contribution < 1.29 is 24.2 Å². The Bertz CT molecular complexity index is 563. The number of nitrogens with zero attached hydrogens (tertiary/aromatic N) is 1. The third-order valence-corrected chi connectivity index (χ3v) is 4.04. The molecule has 1 aliphatic heterocycles. The number of methoxy groups -OCH3 is 1. The highest BCUT2D eigenvalue weighted by molar-refractivity contribution is 9.10. The number of carbonyl (C=O) groups is 2. The number of halogens is 1. The van der Waals surface area contributed by atoms with Gasteiger partial charge in [-0.05, 0) is 30.2 Å². The number of carboxylic acids is 1. The van der Waals surface area contributed by atoms with Gasteiger partial charge in [-0.1, -0.05) is 15.9 Å². The van der Waals surface area contributed by atoms with Crippen LogP contribution in [-0.4, -0.2) is 54.8 Å². The summed E-state index contributed by atoms with van der Waals surface area (Å²) in [4.78, 5) is 24.7. The molecule has 0 aliphatic carbocycles. The molecule has 0 aromatic heterocycles. The average Bonchev–Trinajstić information content (AvgIpc) is 2.52. The van der Waals surface area contributed by atoms with E-state index in [0.29, 0.717) is 19.4 Å². The number of hydrogen-bond donors (Lipinski definition) is 1. The standard InChI is InChI=1S/C15H18BrNO5/c1-21-12-4-3-11(16)8-10(12)2-5-14(18)17-6-7-22-13(9-17)15(19)20/h3-4,8,13H,2,5-7,9H2,1H3,(H,19,20)/t13-/m0/s1. The lowest BCUT2D eigenvalue weighted by Gasteiger charge is -2.31. The molecule has 0 unspecified atom stereocenters. The Morgan fingerprint density at radius 3 is 2.95 bits per heavy atom. The van der Waals surface area contributed by atoms with Crippen molar-refractivity contribution in [2.24, 2.45) is 0 Å². The van der Waals surface area contributed by atoms with Gasteiger partial charge in [-0.2, -0.15) is 0 Å². The summed E-state index contributed by atoms with van der Waals surface area (Å²) in [6, 6.07) is 5.65. The van der Waals surface area contributed by atoms with Crippen molar-refractivity contribution in [3.05, 3.63) is 28.2 Å². The fourth-order valence-electron chi connectivity index (χ4n) is 2.37. The summed E-state index contributed by atoms with van der Waals surface area (Å²) in [7, 11) is 1.59. The number of aryl methyl sites for hydroxylation is 1. The van der Waals surface area contributed by atoms with Crippen molar-refractivity contribution in [3.63, 3.8) is 0 Å². The molecule has 1 amide bonds. The molecule has 0 spiro atoms. The van der Waals surface area contributed by atoms with E-state index in [9.17, 15) is 9.59 Å². The maximum atomic E-state index is 12.2. The predicted octanol–water partition coefficient (Wildman–Crippen LogP) is 1.70. The summed E-state index contributed by atoms with van der Waals surface area (Å²) in [5.41, 5.74) is 0.938. The van der Waals surface area contributed by atoms with E-state index in [-0.39, 0.29) is 19.1 Å². The van der Waals surface area contributed by atoms with Gasteiger partial charge in [-0.25, -0.2) is 4.79 Å². The third-order valence-electron chi connectivity index (χ3n) is 3.55. The topological polar surface area (TPSA) is 76.1 Å². The van der Waals surface area contributed by atoms with Crippen LogP contribution in [0.3, 0.4) is 0 Å². The van der Waals surface area contributed by atoms with Crippen LogP contribution in [0.25, 0.3) is 0 Å². The van der Waals surface area contributed by atoms with Crippen LogP contribution in [0.5, 0.6) is 5.75 Å². The minimum absolute atomic E-state index is 0.0726. The number of benzene rings is 1. The first-order chi connectivity index (χ1) is 10.5. The van der Waals surface area contributed by atoms with Crippen molar-refractivity contribution in [1.82, 2.24) is 4.90 Å². The van der Waals surface area contributed by atoms with Crippen molar-refractivity contribution in [2.75, 3.05) is 26.8 Å². The summed E-state index contributed by atoms with van der Waals surface area (Å²) in [5, 5.41) is 8.96. The Morgan fingerprint density at radius 2 is 2.27 bits per heavy atom. The highest BCUT2D eigenvalue weighted by Gasteiger charge is 2.28. The zero-order chi connectivity index (χ0) is 16.1. The minimum Gasteiger partial charge on any atom is -0.496 e. The fraction of sp³-hybridized carbons (Fsp3) is 0.467. The van der Waals surface area contributed by atoms with E-state index in [1.54, 1.807) is 12.0 Å². The van der Waals surface area contributed by atoms with E-state index in [4.69, 9.17) is 14.6 Å². The first kappa shape index (κ1) is 16.8. The molecule has 1 saturated heterocycles. The number of amides is 1. The number of aliphatic carboxylic acids is 1. The second kappa shape index (κ2) is 7.60. The number of morpholine rings is 1. The van der Waals surface area contributed by atoms with Gasteiger partial charge in [0.2, 0.25) is 5.91 Å². The number of ether oxygens (including phenoxy) is 2. The summed E-state index contributed by atoms with van der Waals surface area (Å²) in [5.74, 6) is -0.371. The van der Waals surface area contributed by atoms with Gasteiger partial charge in [0.05, 0.1) is 20.3 Å². The number of rotatable bonds is 5. The van der Waals surface area contributed by atoms with Gasteiger partial charge in [0.1, 0.15) is 5.75 Å². The average molecular weight is 372 g/mol. The molecule has 120 valence electrons. The zero-order valence-corrected chi connectivity index (χ0v) is 13.8. The molecule has 22 heavy (non-hydrogen) atoms. The molecule has 1 aromatic carbocycles. The van der Waals surface area contributed by atoms with E-state index >= 15 is 0 Å². The quantitative estimate of drug-likeness (QED) is 0.852. The molecular formula is C15H18BrNO5. The van der Waals surface area contributed by atoms with Gasteiger partial charge >= 0.3 is 5.97 Å². The third kappa shape index (κ3) is 4.20. The Kier molecular flexibility index (Phi) is 5.79. The van der Waals surface area contributed by atoms with Crippen molar-refractivity contribution in [3.8, 4) is 5.75 Å². The summed E-state index contributed by atoms with van der Waals surface area (Å²) in [6.45, 7) is 0.783. The molecule has 6 nitrogen and oxygen atoms in total. The Balaban J connectivity index is 1.95. The van der Waals surface area contributed by atoms with Crippen LogP contribution < -0.4 is 4.74 Å². The van der Waals surface area contributed by atoms with E-state index in [2.05, 4.69) is 15.9 Å². The largest absolute Gasteiger partial charge is 0.496 e. The van der Waals surface area contributed by atoms with Crippen LogP contribution in [0, 0.1) is 0 Å². The molecule has 0 radical (unpaired) electrons. The second-order valence-electron chi connectivity index (χ2n) is 4.99. The molecule has 1 aromatic rings. The van der Waals surface area contributed by atoms with E-state index in [0.717, 1.165) is 15.8 Å². The first-order valence-electron chi connectivity index (χ1n) is 6.96. The molecule has 0 bridgehead atoms. The van der Waals surface area contributed by atoms with E-state index in [1.165, 1.54) is 0 Å². The molecule has 0 saturated carbocycles. The summed E-state index contributed by atoms with van der Waals surface area (Å²) < 4.78 is 11.3. The highest BCUT2D eigenvalue weighted by atomic mass is 79.9. The van der Waals surface area contributed by atoms with Crippen molar-refractivity contribution in [2.45, 2.75) is 18.9 Å². The molecule has 1 aliphatic rings. The molecule has 7 heteroatoms. The fourth-order valence-corrected chi connectivity index (χ4v) is 2.78. The minimum atomic E-state index is -1.04. The lowest BCUT2D eigenvalue weighted by atomic mass is 10.1. The van der Waals surface area contributed by atoms with Crippen molar-refractivity contribution >= 4 is 27.8 Å². The Morgan fingerprint density at radius 1 is 1.50 bits per heavy atom. The molecular weight excluding hydrogens is 354 g/mol. The molecule has 1 heterocycles. The van der Waals surface area contributed by atoms with Crippen LogP contribution in [-0.2, 0) is 20.7 Å². The molecule has 1 fully saturated rings. The number of carbonyl (C=O) groups excluding carboxylic acids is 1.